The van der Waals surface area contributed by atoms with Crippen molar-refractivity contribution in [1.82, 2.24) is 0 Å². The van der Waals surface area contributed by atoms with E-state index in [4.69, 9.17) is 1.43 Å². The molecule has 0 spiro atoms. The molecule has 3 N–H and O–H groups in total. The highest BCUT2D eigenvalue weighted by atomic mass is 16.4. The summed E-state index contributed by atoms with van der Waals surface area (Å²) in [5.74, 6) is -1.26. The lowest BCUT2D eigenvalue weighted by Crippen LogP contribution is -2.57. The summed E-state index contributed by atoms with van der Waals surface area (Å²) in [4.78, 5) is 25.9. The van der Waals surface area contributed by atoms with Crippen molar-refractivity contribution in [3.63, 3.8) is 0 Å². The molecule has 5 nitrogen and oxygen atoms in total. The van der Waals surface area contributed by atoms with E-state index in [0.29, 0.717) is 12.8 Å². The van der Waals surface area contributed by atoms with E-state index < -0.39 is 29.9 Å². The molecule has 0 rings (SSSR count). The van der Waals surface area contributed by atoms with Gasteiger partial charge in [0, 0.05) is 12.8 Å². The lowest BCUT2D eigenvalue weighted by Gasteiger charge is -2.29. The van der Waals surface area contributed by atoms with Crippen LogP contribution in [-0.4, -0.2) is 46.6 Å². The van der Waals surface area contributed by atoms with Crippen molar-refractivity contribution in [2.75, 3.05) is 6.61 Å². The predicted molar refractivity (Wildman–Crippen MR) is 187 cm³/mol. The zero-order valence-electron chi connectivity index (χ0n) is 30.5. The van der Waals surface area contributed by atoms with Crippen LogP contribution < -0.4 is 0 Å². The summed E-state index contributed by atoms with van der Waals surface area (Å²) in [7, 11) is 0. The summed E-state index contributed by atoms with van der Waals surface area (Å²) in [5, 5.41) is 25.7. The lowest BCUT2D eigenvalue weighted by molar-refractivity contribution is -0.166. The monoisotopic (exact) mass is 626 g/mol. The van der Waals surface area contributed by atoms with Crippen molar-refractivity contribution in [3.8, 4) is 0 Å². The SMILES string of the molecule is [2H]OC[C@H](O)C(O)(C(=O)CCCCCCCCCCCCCCCCC)C(=O)CCCCCCCCCCCCCCCCC. The van der Waals surface area contributed by atoms with Gasteiger partial charge in [0.2, 0.25) is 7.03 Å². The molecule has 0 saturated carbocycles. The highest BCUT2D eigenvalue weighted by Gasteiger charge is 2.48. The van der Waals surface area contributed by atoms with Crippen LogP contribution >= 0.6 is 0 Å². The Bertz CT molecular complexity index is 609. The summed E-state index contributed by atoms with van der Waals surface area (Å²) >= 11 is 0. The average Bonchev–Trinajstić information content (AvgIpc) is 3.04. The van der Waals surface area contributed by atoms with E-state index in [1.807, 2.05) is 0 Å². The first-order valence-electron chi connectivity index (χ1n) is 19.9. The normalized spacial score (nSPS) is 12.9. The number of hydrogen-bond acceptors (Lipinski definition) is 5. The smallest absolute Gasteiger partial charge is 0.210 e. The average molecular weight is 626 g/mol. The minimum atomic E-state index is -2.47. The topological polar surface area (TPSA) is 94.8 Å². The van der Waals surface area contributed by atoms with Crippen LogP contribution in [0.5, 0.6) is 0 Å². The molecule has 0 unspecified atom stereocenters. The molecule has 44 heavy (non-hydrogen) atoms. The van der Waals surface area contributed by atoms with Crippen molar-refractivity contribution >= 4 is 11.6 Å². The van der Waals surface area contributed by atoms with Gasteiger partial charge in [-0.3, -0.25) is 9.59 Å². The van der Waals surface area contributed by atoms with E-state index in [-0.39, 0.29) is 12.8 Å². The summed E-state index contributed by atoms with van der Waals surface area (Å²) in [6.07, 6.45) is 35.1. The number of carbonyl (C=O) groups is 2. The molecule has 0 saturated heterocycles. The molecule has 0 aromatic carbocycles. The summed E-state index contributed by atoms with van der Waals surface area (Å²) in [5.41, 5.74) is -2.47. The first-order chi connectivity index (χ1) is 21.9. The first kappa shape index (κ1) is 41.2. The first-order valence-corrected chi connectivity index (χ1v) is 19.5. The van der Waals surface area contributed by atoms with Gasteiger partial charge in [0.05, 0.1) is 6.61 Å². The van der Waals surface area contributed by atoms with E-state index >= 15 is 0 Å². The maximum atomic E-state index is 13.0. The van der Waals surface area contributed by atoms with Crippen LogP contribution in [0.3, 0.4) is 0 Å². The van der Waals surface area contributed by atoms with Crippen molar-refractivity contribution < 1.29 is 24.9 Å². The van der Waals surface area contributed by atoms with E-state index in [2.05, 4.69) is 19.0 Å². The molecule has 262 valence electrons. The van der Waals surface area contributed by atoms with E-state index in [1.54, 1.807) is 0 Å². The fourth-order valence-electron chi connectivity index (χ4n) is 6.34. The third-order valence-corrected chi connectivity index (χ3v) is 9.51. The van der Waals surface area contributed by atoms with Crippen molar-refractivity contribution in [1.29, 1.82) is 1.43 Å². The van der Waals surface area contributed by atoms with Gasteiger partial charge in [-0.25, -0.2) is 0 Å². The number of Topliss-reactive ketones (excluding diaryl/α,β-unsaturated/α-hetero) is 2. The van der Waals surface area contributed by atoms with Crippen LogP contribution in [0, 0.1) is 0 Å². The van der Waals surface area contributed by atoms with Crippen LogP contribution in [0.4, 0.5) is 0 Å². The minimum Gasteiger partial charge on any atom is -0.394 e. The van der Waals surface area contributed by atoms with Gasteiger partial charge in [-0.05, 0) is 12.8 Å². The second-order valence-electron chi connectivity index (χ2n) is 13.7. The zero-order valence-corrected chi connectivity index (χ0v) is 29.5. The predicted octanol–water partition coefficient (Wildman–Crippen LogP) is 10.7. The van der Waals surface area contributed by atoms with Gasteiger partial charge in [-0.1, -0.05) is 194 Å². The molecular formula is C39H76O5. The third-order valence-electron chi connectivity index (χ3n) is 9.51. The second kappa shape index (κ2) is 32.2. The van der Waals surface area contributed by atoms with Crippen molar-refractivity contribution in [2.45, 2.75) is 231 Å². The van der Waals surface area contributed by atoms with Crippen LogP contribution in [0.2, 0.25) is 0 Å². The number of aliphatic hydroxyl groups excluding tert-OH is 2. The number of unbranched alkanes of at least 4 members (excludes halogenated alkanes) is 28. The molecule has 5 heteroatoms. The van der Waals surface area contributed by atoms with Gasteiger partial charge in [0.25, 0.3) is 0 Å². The molecule has 0 radical (unpaired) electrons. The molecule has 0 aliphatic heterocycles. The molecular weight excluding hydrogens is 548 g/mol. The third kappa shape index (κ3) is 23.5. The van der Waals surface area contributed by atoms with Crippen molar-refractivity contribution in [3.05, 3.63) is 0 Å². The van der Waals surface area contributed by atoms with E-state index in [0.717, 1.165) is 38.5 Å². The van der Waals surface area contributed by atoms with Gasteiger partial charge < -0.3 is 15.3 Å². The fourth-order valence-corrected chi connectivity index (χ4v) is 6.34. The molecule has 0 aliphatic rings. The largest absolute Gasteiger partial charge is 0.394 e. The van der Waals surface area contributed by atoms with Crippen molar-refractivity contribution in [2.24, 2.45) is 0 Å². The highest BCUT2D eigenvalue weighted by molar-refractivity contribution is 6.10. The van der Waals surface area contributed by atoms with Crippen LogP contribution in [0.1, 0.15) is 219 Å². The number of ketones is 2. The Balaban J connectivity index is 4.01. The van der Waals surface area contributed by atoms with Crippen LogP contribution in [0.15, 0.2) is 0 Å². The number of aliphatic hydroxyl groups is 3. The van der Waals surface area contributed by atoms with E-state index in [9.17, 15) is 19.8 Å². The molecule has 1 atom stereocenters. The standard InChI is InChI=1S/C39H76O5/c1-3-5-7-9-11-13-15-17-19-21-23-25-27-29-31-33-36(41)39(44,38(43)35-40)37(42)34-32-30-28-26-24-22-20-18-16-14-12-10-8-6-4-2/h38,40,43-44H,3-35H2,1-2H3/t38-/m0/s1/i40D. The molecule has 0 bridgehead atoms. The molecule has 0 aromatic heterocycles. The Morgan fingerprint density at radius 2 is 0.705 bits per heavy atom. The molecule has 0 aromatic rings. The Hall–Kier alpha value is -0.780. The Kier molecular flexibility index (Phi) is 30.2. The Morgan fingerprint density at radius 1 is 0.477 bits per heavy atom. The molecule has 0 fully saturated rings. The number of carbonyl (C=O) groups excluding carboxylic acids is 2. The molecule has 0 amide bonds. The van der Waals surface area contributed by atoms with Crippen LogP contribution in [-0.2, 0) is 9.59 Å². The summed E-state index contributed by atoms with van der Waals surface area (Å²) < 4.78 is 6.95. The Labute approximate surface area is 275 Å². The lowest BCUT2D eigenvalue weighted by atomic mass is 9.82. The summed E-state index contributed by atoms with van der Waals surface area (Å²) in [6.45, 7) is 3.95. The molecule has 0 heterocycles. The maximum absolute atomic E-state index is 13.0. The highest BCUT2D eigenvalue weighted by Crippen LogP contribution is 2.22. The fraction of sp³-hybridized carbons (Fsp3) is 0.949. The zero-order chi connectivity index (χ0) is 33.3. The second-order valence-corrected chi connectivity index (χ2v) is 13.7. The van der Waals surface area contributed by atoms with Gasteiger partial charge >= 0.3 is 0 Å². The van der Waals surface area contributed by atoms with Gasteiger partial charge in [-0.15, -0.1) is 0 Å². The quantitative estimate of drug-likeness (QED) is 0.0471. The van der Waals surface area contributed by atoms with Gasteiger partial charge in [-0.2, -0.15) is 0 Å². The van der Waals surface area contributed by atoms with Gasteiger partial charge in [0.15, 0.2) is 11.6 Å². The summed E-state index contributed by atoms with van der Waals surface area (Å²) in [6, 6.07) is 0. The van der Waals surface area contributed by atoms with E-state index in [1.165, 1.54) is 141 Å². The number of hydrogen-bond donors (Lipinski definition) is 3. The Morgan fingerprint density at radius 3 is 0.932 bits per heavy atom. The molecule has 0 aliphatic carbocycles. The van der Waals surface area contributed by atoms with Gasteiger partial charge in [0.1, 0.15) is 6.10 Å². The minimum absolute atomic E-state index is 0.0639. The number of rotatable bonds is 37. The maximum Gasteiger partial charge on any atom is 0.210 e. The van der Waals surface area contributed by atoms with Crippen LogP contribution in [0.25, 0.3) is 0 Å².